The van der Waals surface area contributed by atoms with Gasteiger partial charge >= 0.3 is 6.18 Å². The monoisotopic (exact) mass is 291 g/mol. The Kier molecular flexibility index (Phi) is 5.76. The molecule has 0 radical (unpaired) electrons. The third kappa shape index (κ3) is 4.64. The zero-order valence-corrected chi connectivity index (χ0v) is 12.5. The molecule has 0 aromatic rings. The molecule has 0 bridgehead atoms. The minimum Gasteiger partial charge on any atom is -0.311 e. The summed E-state index contributed by atoms with van der Waals surface area (Å²) in [6.07, 6.45) is 5.90. The molecule has 2 fully saturated rings. The van der Waals surface area contributed by atoms with Crippen molar-refractivity contribution in [1.82, 2.24) is 5.32 Å². The van der Waals surface area contributed by atoms with Crippen molar-refractivity contribution < 1.29 is 13.2 Å². The molecule has 1 N–H and O–H groups in total. The lowest BCUT2D eigenvalue weighted by Crippen LogP contribution is -2.45. The first-order valence-electron chi connectivity index (χ1n) is 8.29. The third-order valence-electron chi connectivity index (χ3n) is 5.24. The summed E-state index contributed by atoms with van der Waals surface area (Å²) in [5.41, 5.74) is 0. The van der Waals surface area contributed by atoms with Crippen molar-refractivity contribution in [2.45, 2.75) is 89.4 Å². The lowest BCUT2D eigenvalue weighted by atomic mass is 9.84. The number of alkyl halides is 3. The highest BCUT2D eigenvalue weighted by atomic mass is 19.4. The van der Waals surface area contributed by atoms with E-state index < -0.39 is 12.1 Å². The highest BCUT2D eigenvalue weighted by Gasteiger charge is 2.42. The molecule has 2 saturated carbocycles. The third-order valence-corrected chi connectivity index (χ3v) is 5.24. The van der Waals surface area contributed by atoms with E-state index >= 15 is 0 Å². The van der Waals surface area contributed by atoms with Gasteiger partial charge < -0.3 is 5.32 Å². The summed E-state index contributed by atoms with van der Waals surface area (Å²) in [4.78, 5) is 0. The molecule has 2 aliphatic carbocycles. The van der Waals surface area contributed by atoms with Crippen LogP contribution in [0, 0.1) is 11.8 Å². The van der Waals surface area contributed by atoms with E-state index in [0.717, 1.165) is 6.42 Å². The predicted octanol–water partition coefficient (Wildman–Crippen LogP) is 5.06. The van der Waals surface area contributed by atoms with Gasteiger partial charge in [0.1, 0.15) is 0 Å². The van der Waals surface area contributed by atoms with Crippen molar-refractivity contribution in [2.24, 2.45) is 11.8 Å². The summed E-state index contributed by atoms with van der Waals surface area (Å²) in [6, 6.07) is 0.429. The Morgan fingerprint density at radius 1 is 0.900 bits per heavy atom. The second-order valence-corrected chi connectivity index (χ2v) is 6.81. The minimum atomic E-state index is -4.01. The van der Waals surface area contributed by atoms with E-state index in [1.807, 2.05) is 0 Å². The summed E-state index contributed by atoms with van der Waals surface area (Å²) in [5, 5.41) is 3.52. The molecule has 3 atom stereocenters. The van der Waals surface area contributed by atoms with Crippen molar-refractivity contribution in [2.75, 3.05) is 0 Å². The van der Waals surface area contributed by atoms with E-state index in [9.17, 15) is 13.2 Å². The standard InChI is InChI=1S/C16H28F3N/c1-12(13-7-4-2-3-5-8-13)20-15-10-6-9-14(11-15)16(17,18)19/h12-15,20H,2-11H2,1H3/t12-,14?,15?/m0/s1. The molecule has 118 valence electrons. The van der Waals surface area contributed by atoms with Crippen LogP contribution in [0.3, 0.4) is 0 Å². The highest BCUT2D eigenvalue weighted by molar-refractivity contribution is 4.85. The molecular weight excluding hydrogens is 263 g/mol. The Hall–Kier alpha value is -0.250. The van der Waals surface area contributed by atoms with E-state index in [1.165, 1.54) is 38.5 Å². The average Bonchev–Trinajstić information content (AvgIpc) is 2.67. The quantitative estimate of drug-likeness (QED) is 0.717. The first-order chi connectivity index (χ1) is 9.47. The molecule has 0 spiro atoms. The van der Waals surface area contributed by atoms with E-state index in [4.69, 9.17) is 0 Å². The van der Waals surface area contributed by atoms with E-state index in [0.29, 0.717) is 24.8 Å². The Balaban J connectivity index is 1.82. The molecule has 0 aliphatic heterocycles. The Morgan fingerprint density at radius 2 is 1.55 bits per heavy atom. The molecule has 0 amide bonds. The van der Waals surface area contributed by atoms with Crippen molar-refractivity contribution in [1.29, 1.82) is 0 Å². The molecular formula is C16H28F3N. The number of hydrogen-bond acceptors (Lipinski definition) is 1. The topological polar surface area (TPSA) is 12.0 Å². The molecule has 2 rings (SSSR count). The second kappa shape index (κ2) is 7.15. The highest BCUT2D eigenvalue weighted by Crippen LogP contribution is 2.38. The molecule has 4 heteroatoms. The molecule has 2 unspecified atom stereocenters. The van der Waals surface area contributed by atoms with Gasteiger partial charge in [0.05, 0.1) is 5.92 Å². The number of rotatable bonds is 3. The Labute approximate surface area is 120 Å². The summed E-state index contributed by atoms with van der Waals surface area (Å²) in [6.45, 7) is 2.17. The first kappa shape index (κ1) is 16.1. The van der Waals surface area contributed by atoms with Crippen LogP contribution in [0.5, 0.6) is 0 Å². The predicted molar refractivity (Wildman–Crippen MR) is 75.6 cm³/mol. The van der Waals surface area contributed by atoms with Crippen molar-refractivity contribution in [3.05, 3.63) is 0 Å². The zero-order chi connectivity index (χ0) is 14.6. The largest absolute Gasteiger partial charge is 0.391 e. The van der Waals surface area contributed by atoms with E-state index in [2.05, 4.69) is 12.2 Å². The average molecular weight is 291 g/mol. The minimum absolute atomic E-state index is 0.0635. The van der Waals surface area contributed by atoms with Crippen LogP contribution in [0.25, 0.3) is 0 Å². The van der Waals surface area contributed by atoms with Gasteiger partial charge in [-0.2, -0.15) is 13.2 Å². The van der Waals surface area contributed by atoms with Gasteiger partial charge in [0.2, 0.25) is 0 Å². The second-order valence-electron chi connectivity index (χ2n) is 6.81. The number of nitrogens with one attached hydrogen (secondary N) is 1. The van der Waals surface area contributed by atoms with Crippen molar-refractivity contribution >= 4 is 0 Å². The first-order valence-corrected chi connectivity index (χ1v) is 8.29. The van der Waals surface area contributed by atoms with Crippen LogP contribution in [0.15, 0.2) is 0 Å². The SMILES string of the molecule is C[C@H](NC1CCCC(C(F)(F)F)C1)C1CCCCCC1. The van der Waals surface area contributed by atoms with Crippen LogP contribution in [-0.4, -0.2) is 18.3 Å². The molecule has 0 saturated heterocycles. The van der Waals surface area contributed by atoms with Gasteiger partial charge in [-0.05, 0) is 44.9 Å². The molecule has 2 aliphatic rings. The van der Waals surface area contributed by atoms with Crippen molar-refractivity contribution in [3.63, 3.8) is 0 Å². The molecule has 0 aromatic heterocycles. The fraction of sp³-hybridized carbons (Fsp3) is 1.00. The van der Waals surface area contributed by atoms with Crippen molar-refractivity contribution in [3.8, 4) is 0 Å². The van der Waals surface area contributed by atoms with Crippen LogP contribution in [-0.2, 0) is 0 Å². The van der Waals surface area contributed by atoms with Gasteiger partial charge in [0.25, 0.3) is 0 Å². The lowest BCUT2D eigenvalue weighted by molar-refractivity contribution is -0.184. The van der Waals surface area contributed by atoms with Crippen LogP contribution in [0.1, 0.15) is 71.1 Å². The Morgan fingerprint density at radius 3 is 2.15 bits per heavy atom. The van der Waals surface area contributed by atoms with Gasteiger partial charge in [-0.15, -0.1) is 0 Å². The lowest BCUT2D eigenvalue weighted by Gasteiger charge is -2.35. The summed E-state index contributed by atoms with van der Waals surface area (Å²) < 4.78 is 38.5. The Bertz CT molecular complexity index is 282. The van der Waals surface area contributed by atoms with Crippen LogP contribution in [0.2, 0.25) is 0 Å². The molecule has 0 aromatic carbocycles. The smallest absolute Gasteiger partial charge is 0.311 e. The van der Waals surface area contributed by atoms with Gasteiger partial charge in [-0.1, -0.05) is 32.1 Å². The van der Waals surface area contributed by atoms with Crippen LogP contribution < -0.4 is 5.32 Å². The maximum absolute atomic E-state index is 12.8. The zero-order valence-electron chi connectivity index (χ0n) is 12.5. The van der Waals surface area contributed by atoms with Crippen LogP contribution in [0.4, 0.5) is 13.2 Å². The number of hydrogen-bond donors (Lipinski definition) is 1. The van der Waals surface area contributed by atoms with Gasteiger partial charge in [-0.3, -0.25) is 0 Å². The maximum atomic E-state index is 12.8. The normalized spacial score (nSPS) is 31.8. The fourth-order valence-corrected chi connectivity index (χ4v) is 3.96. The van der Waals surface area contributed by atoms with Gasteiger partial charge in [0.15, 0.2) is 0 Å². The van der Waals surface area contributed by atoms with Gasteiger partial charge in [-0.25, -0.2) is 0 Å². The maximum Gasteiger partial charge on any atom is 0.391 e. The summed E-state index contributed by atoms with van der Waals surface area (Å²) in [7, 11) is 0. The van der Waals surface area contributed by atoms with Crippen LogP contribution >= 0.6 is 0 Å². The number of halogens is 3. The summed E-state index contributed by atoms with van der Waals surface area (Å²) >= 11 is 0. The molecule has 0 heterocycles. The molecule has 20 heavy (non-hydrogen) atoms. The fourth-order valence-electron chi connectivity index (χ4n) is 3.96. The van der Waals surface area contributed by atoms with E-state index in [-0.39, 0.29) is 12.5 Å². The summed E-state index contributed by atoms with van der Waals surface area (Å²) in [5.74, 6) is -0.432. The molecule has 1 nitrogen and oxygen atoms in total. The van der Waals surface area contributed by atoms with Gasteiger partial charge in [0, 0.05) is 12.1 Å². The van der Waals surface area contributed by atoms with E-state index in [1.54, 1.807) is 0 Å².